The van der Waals surface area contributed by atoms with Gasteiger partial charge in [0.05, 0.1) is 17.9 Å². The molecule has 1 fully saturated rings. The van der Waals surface area contributed by atoms with Crippen LogP contribution in [0.4, 0.5) is 0 Å². The van der Waals surface area contributed by atoms with Crippen LogP contribution in [0.25, 0.3) is 10.8 Å². The summed E-state index contributed by atoms with van der Waals surface area (Å²) in [6.45, 7) is 0.185. The van der Waals surface area contributed by atoms with Crippen molar-refractivity contribution in [2.75, 3.05) is 13.1 Å². The highest BCUT2D eigenvalue weighted by molar-refractivity contribution is 6.07. The van der Waals surface area contributed by atoms with Crippen LogP contribution >= 0.6 is 0 Å². The average Bonchev–Trinajstić information content (AvgIpc) is 3.14. The smallest absolute Gasteiger partial charge is 0.304 e. The maximum atomic E-state index is 13.7. The second-order valence-electron chi connectivity index (χ2n) is 9.42. The van der Waals surface area contributed by atoms with E-state index in [9.17, 15) is 19.5 Å². The number of Topliss-reactive ketones (excluding diaryl/α,β-unsaturated/α-hetero) is 1. The van der Waals surface area contributed by atoms with E-state index >= 15 is 0 Å². The monoisotopic (exact) mass is 486 g/mol. The van der Waals surface area contributed by atoms with Gasteiger partial charge in [0.2, 0.25) is 5.91 Å². The number of nitrogens with two attached hydrogens (primary N) is 2. The number of likely N-dealkylation sites (tertiary alicyclic amines) is 1. The van der Waals surface area contributed by atoms with Crippen molar-refractivity contribution in [3.05, 3.63) is 83.4 Å². The zero-order valence-corrected chi connectivity index (χ0v) is 19.9. The largest absolute Gasteiger partial charge is 0.481 e. The third-order valence-corrected chi connectivity index (χ3v) is 7.00. The molecule has 0 radical (unpaired) electrons. The molecule has 0 spiro atoms. The highest BCUT2D eigenvalue weighted by Crippen LogP contribution is 2.40. The molecule has 186 valence electrons. The number of rotatable bonds is 10. The standard InChI is InChI=1S/C28H30N4O4/c29-17-28(16-24(33)34)15-23(32(27(28)36)12-4-7-18-5-2-1-3-6-18)25(35)20-10-8-19-9-11-21(26(30)31)14-22(19)13-20/h1-3,5-6,8-11,13-14,23H,4,7,12,15-17,29H2,(H3,30,31)(H,33,34)/t23-,28-/m0/s1. The Hall–Kier alpha value is -4.04. The number of hydrogen-bond donors (Lipinski definition) is 4. The summed E-state index contributed by atoms with van der Waals surface area (Å²) in [5, 5.41) is 18.8. The molecule has 1 aliphatic heterocycles. The number of carbonyl (C=O) groups is 3. The van der Waals surface area contributed by atoms with Crippen molar-refractivity contribution >= 4 is 34.3 Å². The molecule has 0 aliphatic carbocycles. The first-order chi connectivity index (χ1) is 17.2. The van der Waals surface area contributed by atoms with Crippen LogP contribution in [0, 0.1) is 10.8 Å². The molecule has 0 saturated carbocycles. The number of benzene rings is 3. The van der Waals surface area contributed by atoms with Gasteiger partial charge >= 0.3 is 5.97 Å². The third-order valence-electron chi connectivity index (χ3n) is 7.00. The molecule has 6 N–H and O–H groups in total. The fourth-order valence-corrected chi connectivity index (χ4v) is 5.04. The van der Waals surface area contributed by atoms with Gasteiger partial charge in [-0.05, 0) is 47.7 Å². The van der Waals surface area contributed by atoms with Gasteiger partial charge in [-0.3, -0.25) is 19.8 Å². The number of nitrogens with one attached hydrogen (secondary N) is 1. The first-order valence-corrected chi connectivity index (χ1v) is 11.9. The van der Waals surface area contributed by atoms with Crippen molar-refractivity contribution in [3.8, 4) is 0 Å². The summed E-state index contributed by atoms with van der Waals surface area (Å²) >= 11 is 0. The van der Waals surface area contributed by atoms with Crippen LogP contribution in [-0.4, -0.2) is 52.6 Å². The molecule has 1 saturated heterocycles. The number of amides is 1. The number of carbonyl (C=O) groups excluding carboxylic acids is 2. The number of aliphatic carboxylic acids is 1. The third kappa shape index (κ3) is 4.99. The molecule has 3 aromatic rings. The van der Waals surface area contributed by atoms with Crippen molar-refractivity contribution in [2.24, 2.45) is 16.9 Å². The van der Waals surface area contributed by atoms with Gasteiger partial charge < -0.3 is 21.5 Å². The molecule has 0 bridgehead atoms. The second kappa shape index (κ2) is 10.3. The van der Waals surface area contributed by atoms with Gasteiger partial charge in [-0.15, -0.1) is 0 Å². The fourth-order valence-electron chi connectivity index (χ4n) is 5.04. The lowest BCUT2D eigenvalue weighted by molar-refractivity contribution is -0.146. The number of carboxylic acids is 1. The number of nitrogen functional groups attached to an aromatic ring is 1. The summed E-state index contributed by atoms with van der Waals surface area (Å²) in [7, 11) is 0. The van der Waals surface area contributed by atoms with Gasteiger partial charge in [0.25, 0.3) is 0 Å². The van der Waals surface area contributed by atoms with E-state index in [1.807, 2.05) is 42.5 Å². The molecule has 1 amide bonds. The van der Waals surface area contributed by atoms with Crippen LogP contribution in [0.5, 0.6) is 0 Å². The highest BCUT2D eigenvalue weighted by atomic mass is 16.4. The zero-order chi connectivity index (χ0) is 25.9. The minimum Gasteiger partial charge on any atom is -0.481 e. The van der Waals surface area contributed by atoms with Crippen LogP contribution in [0.15, 0.2) is 66.7 Å². The minimum atomic E-state index is -1.31. The van der Waals surface area contributed by atoms with Crippen LogP contribution in [-0.2, 0) is 16.0 Å². The Balaban J connectivity index is 1.64. The van der Waals surface area contributed by atoms with Crippen molar-refractivity contribution < 1.29 is 19.5 Å². The molecule has 4 rings (SSSR count). The summed E-state index contributed by atoms with van der Waals surface area (Å²) in [6.07, 6.45) is 1.00. The summed E-state index contributed by atoms with van der Waals surface area (Å²) in [5.74, 6) is -1.81. The lowest BCUT2D eigenvalue weighted by atomic mass is 9.80. The van der Waals surface area contributed by atoms with E-state index in [1.165, 1.54) is 4.90 Å². The molecule has 8 nitrogen and oxygen atoms in total. The molecule has 0 aromatic heterocycles. The Kier molecular flexibility index (Phi) is 7.17. The molecule has 3 aromatic carbocycles. The van der Waals surface area contributed by atoms with Crippen LogP contribution in [0.3, 0.4) is 0 Å². The van der Waals surface area contributed by atoms with E-state index in [0.29, 0.717) is 24.1 Å². The van der Waals surface area contributed by atoms with E-state index < -0.39 is 23.8 Å². The number of amidine groups is 1. The Morgan fingerprint density at radius 3 is 2.33 bits per heavy atom. The van der Waals surface area contributed by atoms with Gasteiger partial charge in [-0.25, -0.2) is 0 Å². The quantitative estimate of drug-likeness (QED) is 0.196. The number of nitrogens with zero attached hydrogens (tertiary/aromatic N) is 1. The highest BCUT2D eigenvalue weighted by Gasteiger charge is 2.53. The van der Waals surface area contributed by atoms with Crippen molar-refractivity contribution in [2.45, 2.75) is 31.7 Å². The van der Waals surface area contributed by atoms with E-state index in [4.69, 9.17) is 16.9 Å². The summed E-state index contributed by atoms with van der Waals surface area (Å²) in [4.78, 5) is 40.4. The molecule has 1 heterocycles. The topological polar surface area (TPSA) is 151 Å². The first kappa shape index (κ1) is 25.1. The first-order valence-electron chi connectivity index (χ1n) is 11.9. The number of aryl methyl sites for hydroxylation is 1. The van der Waals surface area contributed by atoms with Gasteiger partial charge in [0.15, 0.2) is 5.78 Å². The predicted octanol–water partition coefficient (Wildman–Crippen LogP) is 2.96. The number of fused-ring (bicyclic) bond motifs is 1. The lowest BCUT2D eigenvalue weighted by Crippen LogP contribution is -2.43. The van der Waals surface area contributed by atoms with Gasteiger partial charge in [-0.1, -0.05) is 54.6 Å². The Morgan fingerprint density at radius 2 is 1.69 bits per heavy atom. The minimum absolute atomic E-state index is 0.0598. The fraction of sp³-hybridized carbons (Fsp3) is 0.286. The maximum absolute atomic E-state index is 13.7. The predicted molar refractivity (Wildman–Crippen MR) is 138 cm³/mol. The van der Waals surface area contributed by atoms with Crippen LogP contribution in [0.1, 0.15) is 40.7 Å². The van der Waals surface area contributed by atoms with Crippen LogP contribution < -0.4 is 11.5 Å². The van der Waals surface area contributed by atoms with E-state index in [1.54, 1.807) is 24.3 Å². The molecular formula is C28H30N4O4. The van der Waals surface area contributed by atoms with E-state index in [-0.39, 0.29) is 30.5 Å². The normalized spacial score (nSPS) is 19.5. The van der Waals surface area contributed by atoms with Gasteiger partial charge in [0, 0.05) is 24.2 Å². The summed E-state index contributed by atoms with van der Waals surface area (Å²) < 4.78 is 0. The summed E-state index contributed by atoms with van der Waals surface area (Å²) in [6, 6.07) is 19.6. The van der Waals surface area contributed by atoms with Crippen molar-refractivity contribution in [1.82, 2.24) is 4.90 Å². The molecule has 36 heavy (non-hydrogen) atoms. The molecule has 2 atom stereocenters. The molecule has 8 heteroatoms. The molecule has 1 aliphatic rings. The zero-order valence-electron chi connectivity index (χ0n) is 19.9. The number of hydrogen-bond acceptors (Lipinski definition) is 5. The lowest BCUT2D eigenvalue weighted by Gasteiger charge is -2.25. The van der Waals surface area contributed by atoms with Gasteiger partial charge in [0.1, 0.15) is 5.84 Å². The Bertz CT molecular complexity index is 1320. The Labute approximate surface area is 209 Å². The SMILES string of the molecule is N=C(N)c1ccc2ccc(C(=O)[C@@H]3C[C@@](CN)(CC(=O)O)C(=O)N3CCCc3ccccc3)cc2c1. The Morgan fingerprint density at radius 1 is 1.03 bits per heavy atom. The average molecular weight is 487 g/mol. The molecule has 0 unspecified atom stereocenters. The number of carboxylic acid groups (broad SMARTS) is 1. The second-order valence-corrected chi connectivity index (χ2v) is 9.42. The summed E-state index contributed by atoms with van der Waals surface area (Å²) in [5.41, 5.74) is 12.4. The van der Waals surface area contributed by atoms with Crippen molar-refractivity contribution in [3.63, 3.8) is 0 Å². The van der Waals surface area contributed by atoms with Gasteiger partial charge in [-0.2, -0.15) is 0 Å². The van der Waals surface area contributed by atoms with Crippen LogP contribution in [0.2, 0.25) is 0 Å². The number of ketones is 1. The maximum Gasteiger partial charge on any atom is 0.304 e. The van der Waals surface area contributed by atoms with Crippen molar-refractivity contribution in [1.29, 1.82) is 5.41 Å². The molecular weight excluding hydrogens is 456 g/mol. The van der Waals surface area contributed by atoms with E-state index in [0.717, 1.165) is 22.8 Å². The van der Waals surface area contributed by atoms with E-state index in [2.05, 4.69) is 0 Å².